The second kappa shape index (κ2) is 5.83. The molecule has 2 aromatic heterocycles. The zero-order valence-corrected chi connectivity index (χ0v) is 13.9. The molecule has 0 fully saturated rings. The Balaban J connectivity index is 1.88. The molecule has 0 N–H and O–H groups in total. The average molecular weight is 320 g/mol. The molecule has 0 amide bonds. The van der Waals surface area contributed by atoms with Crippen LogP contribution >= 0.6 is 0 Å². The minimum absolute atomic E-state index is 0.0599. The van der Waals surface area contributed by atoms with Crippen molar-refractivity contribution < 1.29 is 0 Å². The van der Waals surface area contributed by atoms with Gasteiger partial charge in [-0.3, -0.25) is 14.3 Å². The lowest BCUT2D eigenvalue weighted by atomic mass is 10.1. The first kappa shape index (κ1) is 15.0. The molecule has 1 aliphatic heterocycles. The van der Waals surface area contributed by atoms with Gasteiger partial charge in [-0.2, -0.15) is 0 Å². The first-order chi connectivity index (χ1) is 11.6. The summed E-state index contributed by atoms with van der Waals surface area (Å²) in [5.74, 6) is 0.877. The van der Waals surface area contributed by atoms with Crippen LogP contribution in [0.1, 0.15) is 12.7 Å². The number of likely N-dealkylation sites (N-methyl/N-ethyl adjacent to an activating group) is 1. The monoisotopic (exact) mass is 320 g/mol. The molecule has 5 heteroatoms. The van der Waals surface area contributed by atoms with Gasteiger partial charge >= 0.3 is 0 Å². The molecule has 0 radical (unpaired) electrons. The van der Waals surface area contributed by atoms with E-state index in [1.54, 1.807) is 6.20 Å². The Hall–Kier alpha value is -2.53. The van der Waals surface area contributed by atoms with Gasteiger partial charge in [-0.1, -0.05) is 12.1 Å². The van der Waals surface area contributed by atoms with Gasteiger partial charge < -0.3 is 4.90 Å². The number of fused-ring (bicyclic) bond motifs is 2. The third kappa shape index (κ3) is 2.51. The van der Waals surface area contributed by atoms with Crippen molar-refractivity contribution in [3.8, 4) is 11.3 Å². The van der Waals surface area contributed by atoms with E-state index in [1.807, 2.05) is 41.0 Å². The Morgan fingerprint density at radius 2 is 2.08 bits per heavy atom. The zero-order chi connectivity index (χ0) is 16.7. The molecule has 122 valence electrons. The largest absolute Gasteiger partial charge is 0.301 e. The van der Waals surface area contributed by atoms with E-state index in [4.69, 9.17) is 4.98 Å². The first-order valence-electron chi connectivity index (χ1n) is 8.28. The molecule has 24 heavy (non-hydrogen) atoms. The van der Waals surface area contributed by atoms with Gasteiger partial charge in [0.2, 0.25) is 0 Å². The van der Waals surface area contributed by atoms with E-state index in [0.717, 1.165) is 35.6 Å². The molecule has 0 bridgehead atoms. The van der Waals surface area contributed by atoms with E-state index in [0.29, 0.717) is 18.0 Å². The fourth-order valence-electron chi connectivity index (χ4n) is 3.24. The number of benzene rings is 1. The van der Waals surface area contributed by atoms with E-state index in [1.165, 1.54) is 0 Å². The molecule has 1 aliphatic rings. The van der Waals surface area contributed by atoms with Gasteiger partial charge in [0, 0.05) is 37.3 Å². The molecule has 3 heterocycles. The summed E-state index contributed by atoms with van der Waals surface area (Å²) in [7, 11) is 2.10. The minimum atomic E-state index is 0.0599. The lowest BCUT2D eigenvalue weighted by Gasteiger charge is -2.21. The smallest absolute Gasteiger partial charge is 0.261 e. The number of aromatic nitrogens is 3. The second-order valence-electron chi connectivity index (χ2n) is 6.47. The quantitative estimate of drug-likeness (QED) is 0.690. The zero-order valence-electron chi connectivity index (χ0n) is 13.9. The number of hydrogen-bond donors (Lipinski definition) is 0. The van der Waals surface area contributed by atoms with Gasteiger partial charge in [0.05, 0.1) is 16.6 Å². The van der Waals surface area contributed by atoms with Crippen molar-refractivity contribution in [3.05, 3.63) is 58.8 Å². The summed E-state index contributed by atoms with van der Waals surface area (Å²) >= 11 is 0. The Kier molecular flexibility index (Phi) is 3.65. The fourth-order valence-corrected chi connectivity index (χ4v) is 3.24. The highest BCUT2D eigenvalue weighted by atomic mass is 16.1. The number of pyridine rings is 1. The van der Waals surface area contributed by atoms with E-state index in [9.17, 15) is 4.79 Å². The molecule has 0 aliphatic carbocycles. The average Bonchev–Trinajstić information content (AvgIpc) is 2.75. The molecule has 4 rings (SSSR count). The van der Waals surface area contributed by atoms with Gasteiger partial charge in [-0.05, 0) is 38.2 Å². The minimum Gasteiger partial charge on any atom is -0.301 e. The Morgan fingerprint density at radius 1 is 1.21 bits per heavy atom. The van der Waals surface area contributed by atoms with Crippen LogP contribution < -0.4 is 5.56 Å². The maximum atomic E-state index is 12.9. The second-order valence-corrected chi connectivity index (χ2v) is 6.47. The maximum Gasteiger partial charge on any atom is 0.261 e. The highest BCUT2D eigenvalue weighted by Crippen LogP contribution is 2.21. The summed E-state index contributed by atoms with van der Waals surface area (Å²) in [4.78, 5) is 24.4. The fraction of sp³-hybridized carbons (Fsp3) is 0.316. The molecule has 3 aromatic rings. The Labute approximate surface area is 140 Å². The maximum absolute atomic E-state index is 12.9. The Bertz CT molecular complexity index is 949. The molecule has 1 unspecified atom stereocenters. The summed E-state index contributed by atoms with van der Waals surface area (Å²) in [6.45, 7) is 3.75. The van der Waals surface area contributed by atoms with Crippen LogP contribution in [0.4, 0.5) is 0 Å². The van der Waals surface area contributed by atoms with E-state index >= 15 is 0 Å². The predicted molar refractivity (Wildman–Crippen MR) is 95.0 cm³/mol. The molecular weight excluding hydrogens is 300 g/mol. The molecule has 1 atom stereocenters. The van der Waals surface area contributed by atoms with Crippen LogP contribution in [0.5, 0.6) is 0 Å². The standard InChI is InChI=1S/C19H20N4O/c1-13-12-23-18(8-10-22(13)2)21-17-11-14(6-7-15(17)19(23)24)16-5-3-4-9-20-16/h3-7,9,11,13H,8,10,12H2,1-2H3. The van der Waals surface area contributed by atoms with Crippen LogP contribution in [0.15, 0.2) is 47.4 Å². The van der Waals surface area contributed by atoms with Crippen LogP contribution in [0.25, 0.3) is 22.2 Å². The lowest BCUT2D eigenvalue weighted by Crippen LogP contribution is -2.34. The van der Waals surface area contributed by atoms with Crippen LogP contribution in [-0.4, -0.2) is 39.1 Å². The van der Waals surface area contributed by atoms with Gasteiger partial charge in [-0.15, -0.1) is 0 Å². The van der Waals surface area contributed by atoms with Gasteiger partial charge in [0.1, 0.15) is 5.82 Å². The normalized spacial score (nSPS) is 18.3. The third-order valence-corrected chi connectivity index (χ3v) is 4.88. The third-order valence-electron chi connectivity index (χ3n) is 4.88. The Morgan fingerprint density at radius 3 is 2.88 bits per heavy atom. The summed E-state index contributed by atoms with van der Waals surface area (Å²) in [6, 6.07) is 12.0. The van der Waals surface area contributed by atoms with Gasteiger partial charge in [0.25, 0.3) is 5.56 Å². The van der Waals surface area contributed by atoms with Crippen molar-refractivity contribution in [3.63, 3.8) is 0 Å². The SMILES string of the molecule is CC1Cn2c(nc3cc(-c4ccccn4)ccc3c2=O)CCN1C. The molecule has 1 aromatic carbocycles. The van der Waals surface area contributed by atoms with Crippen LogP contribution in [0, 0.1) is 0 Å². The van der Waals surface area contributed by atoms with Gasteiger partial charge in [-0.25, -0.2) is 4.98 Å². The molecule has 0 spiro atoms. The number of hydrogen-bond acceptors (Lipinski definition) is 4. The van der Waals surface area contributed by atoms with Crippen molar-refractivity contribution in [2.75, 3.05) is 13.6 Å². The van der Waals surface area contributed by atoms with Crippen LogP contribution in [0.3, 0.4) is 0 Å². The van der Waals surface area contributed by atoms with E-state index in [-0.39, 0.29) is 5.56 Å². The summed E-state index contributed by atoms with van der Waals surface area (Å²) < 4.78 is 1.84. The topological polar surface area (TPSA) is 51.0 Å². The highest BCUT2D eigenvalue weighted by Gasteiger charge is 2.20. The van der Waals surface area contributed by atoms with Crippen LogP contribution in [0.2, 0.25) is 0 Å². The van der Waals surface area contributed by atoms with Crippen molar-refractivity contribution >= 4 is 10.9 Å². The predicted octanol–water partition coefficient (Wildman–Crippen LogP) is 2.33. The molecule has 5 nitrogen and oxygen atoms in total. The number of nitrogens with zero attached hydrogens (tertiary/aromatic N) is 4. The summed E-state index contributed by atoms with van der Waals surface area (Å²) in [6.07, 6.45) is 2.57. The van der Waals surface area contributed by atoms with Crippen molar-refractivity contribution in [1.82, 2.24) is 19.4 Å². The molecule has 0 saturated heterocycles. The van der Waals surface area contributed by atoms with Crippen molar-refractivity contribution in [2.24, 2.45) is 0 Å². The summed E-state index contributed by atoms with van der Waals surface area (Å²) in [5, 5.41) is 0.676. The number of rotatable bonds is 1. The summed E-state index contributed by atoms with van der Waals surface area (Å²) in [5.41, 5.74) is 2.69. The van der Waals surface area contributed by atoms with E-state index < -0.39 is 0 Å². The van der Waals surface area contributed by atoms with Crippen LogP contribution in [-0.2, 0) is 13.0 Å². The lowest BCUT2D eigenvalue weighted by molar-refractivity contribution is 0.253. The molecule has 0 saturated carbocycles. The van der Waals surface area contributed by atoms with E-state index in [2.05, 4.69) is 23.9 Å². The van der Waals surface area contributed by atoms with Gasteiger partial charge in [0.15, 0.2) is 0 Å². The highest BCUT2D eigenvalue weighted by molar-refractivity contribution is 5.83. The molecular formula is C19H20N4O. The first-order valence-corrected chi connectivity index (χ1v) is 8.28. The van der Waals surface area contributed by atoms with Crippen molar-refractivity contribution in [1.29, 1.82) is 0 Å². The van der Waals surface area contributed by atoms with Crippen molar-refractivity contribution in [2.45, 2.75) is 25.9 Å².